The van der Waals surface area contributed by atoms with Crippen molar-refractivity contribution in [3.05, 3.63) is 0 Å². The van der Waals surface area contributed by atoms with Crippen LogP contribution in [0.3, 0.4) is 0 Å². The lowest BCUT2D eigenvalue weighted by molar-refractivity contribution is 0.236. The average Bonchev–Trinajstić information content (AvgIpc) is 2.68. The Morgan fingerprint density at radius 3 is 2.73 bits per heavy atom. The highest BCUT2D eigenvalue weighted by Crippen LogP contribution is 2.15. The number of nitrogens with zero attached hydrogens (tertiary/aromatic N) is 2. The van der Waals surface area contributed by atoms with E-state index in [1.807, 2.05) is 0 Å². The van der Waals surface area contributed by atoms with Crippen LogP contribution in [0.4, 0.5) is 0 Å². The average molecular weight is 211 g/mol. The third kappa shape index (κ3) is 3.16. The lowest BCUT2D eigenvalue weighted by Gasteiger charge is -2.28. The Kier molecular flexibility index (Phi) is 4.00. The Labute approximate surface area is 93.8 Å². The number of likely N-dealkylation sites (N-methyl/N-ethyl adjacent to an activating group) is 1. The van der Waals surface area contributed by atoms with Crippen LogP contribution in [0, 0.1) is 0 Å². The predicted octanol–water partition coefficient (Wildman–Crippen LogP) is 0.764. The maximum Gasteiger partial charge on any atom is 0.0229 e. The standard InChI is InChI=1S/C12H25N3/c1-14(2)12-6-8-15(10-12)9-11-5-3-4-7-13-11/h11-13H,3-10H2,1-2H3. The van der Waals surface area contributed by atoms with Crippen LogP contribution in [0.2, 0.25) is 0 Å². The van der Waals surface area contributed by atoms with E-state index in [9.17, 15) is 0 Å². The Hall–Kier alpha value is -0.120. The maximum absolute atomic E-state index is 3.63. The molecule has 0 aromatic heterocycles. The van der Waals surface area contributed by atoms with Gasteiger partial charge in [-0.1, -0.05) is 6.42 Å². The van der Waals surface area contributed by atoms with Crippen molar-refractivity contribution < 1.29 is 0 Å². The van der Waals surface area contributed by atoms with Gasteiger partial charge in [-0.05, 0) is 46.4 Å². The van der Waals surface area contributed by atoms with Crippen LogP contribution < -0.4 is 5.32 Å². The molecule has 2 unspecified atom stereocenters. The molecule has 2 atom stereocenters. The molecular weight excluding hydrogens is 186 g/mol. The zero-order chi connectivity index (χ0) is 10.7. The van der Waals surface area contributed by atoms with E-state index in [0.717, 1.165) is 12.1 Å². The maximum atomic E-state index is 3.63. The normalized spacial score (nSPS) is 33.8. The first-order chi connectivity index (χ1) is 7.25. The van der Waals surface area contributed by atoms with Gasteiger partial charge in [0.1, 0.15) is 0 Å². The van der Waals surface area contributed by atoms with Crippen molar-refractivity contribution >= 4 is 0 Å². The summed E-state index contributed by atoms with van der Waals surface area (Å²) in [5.41, 5.74) is 0. The van der Waals surface area contributed by atoms with E-state index in [2.05, 4.69) is 29.2 Å². The fraction of sp³-hybridized carbons (Fsp3) is 1.00. The van der Waals surface area contributed by atoms with Crippen molar-refractivity contribution in [3.8, 4) is 0 Å². The molecule has 1 N–H and O–H groups in total. The highest BCUT2D eigenvalue weighted by atomic mass is 15.2. The van der Waals surface area contributed by atoms with Gasteiger partial charge in [0.05, 0.1) is 0 Å². The van der Waals surface area contributed by atoms with E-state index in [1.54, 1.807) is 0 Å². The fourth-order valence-corrected chi connectivity index (χ4v) is 2.79. The number of rotatable bonds is 3. The van der Waals surface area contributed by atoms with Crippen LogP contribution in [-0.2, 0) is 0 Å². The van der Waals surface area contributed by atoms with E-state index >= 15 is 0 Å². The van der Waals surface area contributed by atoms with Gasteiger partial charge in [0.15, 0.2) is 0 Å². The van der Waals surface area contributed by atoms with Gasteiger partial charge in [0, 0.05) is 25.2 Å². The fourth-order valence-electron chi connectivity index (χ4n) is 2.79. The summed E-state index contributed by atoms with van der Waals surface area (Å²) in [4.78, 5) is 5.00. The molecule has 0 amide bonds. The Morgan fingerprint density at radius 1 is 1.27 bits per heavy atom. The second-order valence-electron chi connectivity index (χ2n) is 5.31. The third-order valence-corrected chi connectivity index (χ3v) is 3.87. The highest BCUT2D eigenvalue weighted by molar-refractivity contribution is 4.84. The summed E-state index contributed by atoms with van der Waals surface area (Å²) in [6, 6.07) is 1.55. The molecule has 0 aliphatic carbocycles. The van der Waals surface area contributed by atoms with Gasteiger partial charge >= 0.3 is 0 Å². The van der Waals surface area contributed by atoms with E-state index in [1.165, 1.54) is 51.9 Å². The van der Waals surface area contributed by atoms with Gasteiger partial charge in [-0.3, -0.25) is 0 Å². The molecule has 2 aliphatic heterocycles. The molecule has 2 rings (SSSR count). The van der Waals surface area contributed by atoms with Gasteiger partial charge in [-0.25, -0.2) is 0 Å². The van der Waals surface area contributed by atoms with Crippen LogP contribution in [0.1, 0.15) is 25.7 Å². The van der Waals surface area contributed by atoms with Crippen LogP contribution in [0.15, 0.2) is 0 Å². The second-order valence-corrected chi connectivity index (χ2v) is 5.31. The summed E-state index contributed by atoms with van der Waals surface area (Å²) in [6.45, 7) is 5.06. The summed E-state index contributed by atoms with van der Waals surface area (Å²) in [5, 5.41) is 3.63. The largest absolute Gasteiger partial charge is 0.313 e. The summed E-state index contributed by atoms with van der Waals surface area (Å²) >= 11 is 0. The third-order valence-electron chi connectivity index (χ3n) is 3.87. The molecule has 0 bridgehead atoms. The number of likely N-dealkylation sites (tertiary alicyclic amines) is 1. The first-order valence-corrected chi connectivity index (χ1v) is 6.38. The summed E-state index contributed by atoms with van der Waals surface area (Å²) < 4.78 is 0. The molecule has 2 aliphatic rings. The van der Waals surface area contributed by atoms with Gasteiger partial charge in [0.25, 0.3) is 0 Å². The Balaban J connectivity index is 1.71. The SMILES string of the molecule is CN(C)C1CCN(CC2CCCCN2)C1. The van der Waals surface area contributed by atoms with E-state index in [4.69, 9.17) is 0 Å². The van der Waals surface area contributed by atoms with Crippen molar-refractivity contribution in [2.24, 2.45) is 0 Å². The molecule has 3 heteroatoms. The molecular formula is C12H25N3. The van der Waals surface area contributed by atoms with Crippen molar-refractivity contribution in [2.75, 3.05) is 40.3 Å². The molecule has 3 nitrogen and oxygen atoms in total. The van der Waals surface area contributed by atoms with Crippen LogP contribution in [-0.4, -0.2) is 62.2 Å². The second kappa shape index (κ2) is 5.28. The Bertz CT molecular complexity index is 187. The molecule has 0 aromatic carbocycles. The zero-order valence-corrected chi connectivity index (χ0v) is 10.2. The molecule has 0 saturated carbocycles. The minimum atomic E-state index is 0.764. The summed E-state index contributed by atoms with van der Waals surface area (Å²) in [5.74, 6) is 0. The lowest BCUT2D eigenvalue weighted by Crippen LogP contribution is -2.43. The molecule has 0 spiro atoms. The molecule has 2 fully saturated rings. The first-order valence-electron chi connectivity index (χ1n) is 6.38. The van der Waals surface area contributed by atoms with Gasteiger partial charge in [0.2, 0.25) is 0 Å². The number of hydrogen-bond acceptors (Lipinski definition) is 3. The summed E-state index contributed by atoms with van der Waals surface area (Å²) in [7, 11) is 4.40. The van der Waals surface area contributed by atoms with E-state index < -0.39 is 0 Å². The van der Waals surface area contributed by atoms with E-state index in [-0.39, 0.29) is 0 Å². The Morgan fingerprint density at radius 2 is 2.13 bits per heavy atom. The van der Waals surface area contributed by atoms with Crippen molar-refractivity contribution in [1.29, 1.82) is 0 Å². The number of nitrogens with one attached hydrogen (secondary N) is 1. The molecule has 2 heterocycles. The first kappa shape index (κ1) is 11.4. The molecule has 0 radical (unpaired) electrons. The topological polar surface area (TPSA) is 18.5 Å². The number of piperidine rings is 1. The molecule has 88 valence electrons. The lowest BCUT2D eigenvalue weighted by atomic mass is 10.0. The predicted molar refractivity (Wildman–Crippen MR) is 64.2 cm³/mol. The van der Waals surface area contributed by atoms with Gasteiger partial charge in [-0.2, -0.15) is 0 Å². The van der Waals surface area contributed by atoms with Gasteiger partial charge < -0.3 is 15.1 Å². The van der Waals surface area contributed by atoms with Crippen LogP contribution >= 0.6 is 0 Å². The van der Waals surface area contributed by atoms with Crippen LogP contribution in [0.25, 0.3) is 0 Å². The quantitative estimate of drug-likeness (QED) is 0.744. The highest BCUT2D eigenvalue weighted by Gasteiger charge is 2.26. The van der Waals surface area contributed by atoms with Crippen molar-refractivity contribution in [1.82, 2.24) is 15.1 Å². The smallest absolute Gasteiger partial charge is 0.0229 e. The van der Waals surface area contributed by atoms with Gasteiger partial charge in [-0.15, -0.1) is 0 Å². The van der Waals surface area contributed by atoms with E-state index in [0.29, 0.717) is 0 Å². The van der Waals surface area contributed by atoms with Crippen molar-refractivity contribution in [2.45, 2.75) is 37.8 Å². The monoisotopic (exact) mass is 211 g/mol. The molecule has 15 heavy (non-hydrogen) atoms. The van der Waals surface area contributed by atoms with Crippen LogP contribution in [0.5, 0.6) is 0 Å². The minimum absolute atomic E-state index is 0.764. The minimum Gasteiger partial charge on any atom is -0.313 e. The molecule has 0 aromatic rings. The van der Waals surface area contributed by atoms with Crippen molar-refractivity contribution in [3.63, 3.8) is 0 Å². The summed E-state index contributed by atoms with van der Waals surface area (Å²) in [6.07, 6.45) is 5.52. The molecule has 2 saturated heterocycles. The number of hydrogen-bond donors (Lipinski definition) is 1. The zero-order valence-electron chi connectivity index (χ0n) is 10.2.